The van der Waals surface area contributed by atoms with E-state index < -0.39 is 38.4 Å². The Kier molecular flexibility index (Phi) is 4.84. The van der Waals surface area contributed by atoms with Crippen molar-refractivity contribution in [1.82, 2.24) is 14.3 Å². The van der Waals surface area contributed by atoms with E-state index in [0.717, 1.165) is 0 Å². The van der Waals surface area contributed by atoms with Crippen molar-refractivity contribution >= 4 is 10.0 Å². The van der Waals surface area contributed by atoms with Crippen molar-refractivity contribution in [2.75, 3.05) is 0 Å². The van der Waals surface area contributed by atoms with Crippen LogP contribution < -0.4 is 4.72 Å². The Morgan fingerprint density at radius 1 is 1.08 bits per heavy atom. The predicted molar refractivity (Wildman–Crippen MR) is 88.1 cm³/mol. The summed E-state index contributed by atoms with van der Waals surface area (Å²) < 4.78 is 70.2. The van der Waals surface area contributed by atoms with Gasteiger partial charge in [-0.1, -0.05) is 18.2 Å². The first-order valence-electron chi connectivity index (χ1n) is 7.48. The zero-order chi connectivity index (χ0) is 18.9. The lowest BCUT2D eigenvalue weighted by atomic mass is 10.1. The quantitative estimate of drug-likeness (QED) is 0.739. The first-order valence-corrected chi connectivity index (χ1v) is 8.96. The number of hydrogen-bond donors (Lipinski definition) is 1. The SMILES string of the molecule is Cn1ccnc1C(NS(=O)(=O)c1cc(F)cc(F)c1)c1ccccc1F. The number of hydrogen-bond acceptors (Lipinski definition) is 3. The van der Waals surface area contributed by atoms with Gasteiger partial charge < -0.3 is 4.57 Å². The molecule has 0 amide bonds. The lowest BCUT2D eigenvalue weighted by molar-refractivity contribution is 0.539. The van der Waals surface area contributed by atoms with Crippen molar-refractivity contribution in [1.29, 1.82) is 0 Å². The van der Waals surface area contributed by atoms with Gasteiger partial charge in [-0.3, -0.25) is 0 Å². The van der Waals surface area contributed by atoms with Crippen molar-refractivity contribution in [3.8, 4) is 0 Å². The molecule has 0 fully saturated rings. The molecule has 0 bridgehead atoms. The second-order valence-corrected chi connectivity index (χ2v) is 7.29. The molecule has 136 valence electrons. The van der Waals surface area contributed by atoms with Gasteiger partial charge in [0, 0.05) is 31.1 Å². The van der Waals surface area contributed by atoms with Gasteiger partial charge in [0.15, 0.2) is 0 Å². The number of aromatic nitrogens is 2. The van der Waals surface area contributed by atoms with Crippen LogP contribution in [-0.4, -0.2) is 18.0 Å². The van der Waals surface area contributed by atoms with Crippen molar-refractivity contribution in [3.63, 3.8) is 0 Å². The molecule has 2 aromatic carbocycles. The molecule has 26 heavy (non-hydrogen) atoms. The molecule has 3 rings (SSSR count). The number of nitrogens with one attached hydrogen (secondary N) is 1. The maximum Gasteiger partial charge on any atom is 0.241 e. The number of nitrogens with zero attached hydrogens (tertiary/aromatic N) is 2. The third kappa shape index (κ3) is 3.63. The average molecular weight is 381 g/mol. The van der Waals surface area contributed by atoms with E-state index in [1.165, 1.54) is 29.0 Å². The normalized spacial score (nSPS) is 12.9. The van der Waals surface area contributed by atoms with Crippen molar-refractivity contribution in [3.05, 3.63) is 83.7 Å². The van der Waals surface area contributed by atoms with Crippen LogP contribution in [0.5, 0.6) is 0 Å². The molecule has 1 unspecified atom stereocenters. The number of benzene rings is 2. The van der Waals surface area contributed by atoms with Crippen LogP contribution >= 0.6 is 0 Å². The highest BCUT2D eigenvalue weighted by molar-refractivity contribution is 7.89. The fourth-order valence-corrected chi connectivity index (χ4v) is 3.74. The summed E-state index contributed by atoms with van der Waals surface area (Å²) >= 11 is 0. The Labute approximate surface area is 148 Å². The average Bonchev–Trinajstić information content (AvgIpc) is 2.98. The molecule has 1 aromatic heterocycles. The van der Waals surface area contributed by atoms with Crippen LogP contribution in [0, 0.1) is 17.5 Å². The molecule has 9 heteroatoms. The van der Waals surface area contributed by atoms with Crippen LogP contribution in [0.1, 0.15) is 17.4 Å². The van der Waals surface area contributed by atoms with E-state index in [0.29, 0.717) is 18.2 Å². The largest absolute Gasteiger partial charge is 0.336 e. The molecule has 1 atom stereocenters. The van der Waals surface area contributed by atoms with Crippen molar-refractivity contribution in [2.45, 2.75) is 10.9 Å². The highest BCUT2D eigenvalue weighted by Gasteiger charge is 2.28. The first kappa shape index (κ1) is 18.2. The molecule has 1 N–H and O–H groups in total. The molecule has 0 saturated carbocycles. The number of rotatable bonds is 5. The maximum atomic E-state index is 14.3. The standard InChI is InChI=1S/C17H14F3N3O2S/c1-23-7-6-21-17(23)16(14-4-2-3-5-15(14)20)22-26(24,25)13-9-11(18)8-12(19)10-13/h2-10,16,22H,1H3. The van der Waals surface area contributed by atoms with Crippen LogP contribution in [0.25, 0.3) is 0 Å². The zero-order valence-electron chi connectivity index (χ0n) is 13.5. The molecular weight excluding hydrogens is 367 g/mol. The summed E-state index contributed by atoms with van der Waals surface area (Å²) in [7, 11) is -2.74. The lowest BCUT2D eigenvalue weighted by Crippen LogP contribution is -2.32. The predicted octanol–water partition coefficient (Wildman–Crippen LogP) is 2.91. The van der Waals surface area contributed by atoms with Crippen LogP contribution in [0.2, 0.25) is 0 Å². The molecule has 5 nitrogen and oxygen atoms in total. The third-order valence-corrected chi connectivity index (χ3v) is 5.15. The van der Waals surface area contributed by atoms with E-state index in [-0.39, 0.29) is 11.4 Å². The number of aryl methyl sites for hydroxylation is 1. The first-order chi connectivity index (χ1) is 12.3. The van der Waals surface area contributed by atoms with E-state index >= 15 is 0 Å². The van der Waals surface area contributed by atoms with Crippen molar-refractivity contribution < 1.29 is 21.6 Å². The van der Waals surface area contributed by atoms with E-state index in [2.05, 4.69) is 9.71 Å². The molecule has 0 spiro atoms. The molecule has 0 saturated heterocycles. The van der Waals surface area contributed by atoms with E-state index in [1.54, 1.807) is 19.3 Å². The molecule has 0 aliphatic rings. The highest BCUT2D eigenvalue weighted by atomic mass is 32.2. The zero-order valence-corrected chi connectivity index (χ0v) is 14.3. The molecular formula is C17H14F3N3O2S. The Morgan fingerprint density at radius 2 is 1.73 bits per heavy atom. The van der Waals surface area contributed by atoms with E-state index in [9.17, 15) is 21.6 Å². The molecule has 0 radical (unpaired) electrons. The second kappa shape index (κ2) is 6.93. The topological polar surface area (TPSA) is 64.0 Å². The Bertz CT molecular complexity index is 1030. The molecule has 0 aliphatic carbocycles. The molecule has 0 aliphatic heterocycles. The minimum Gasteiger partial charge on any atom is -0.336 e. The summed E-state index contributed by atoms with van der Waals surface area (Å²) in [6.45, 7) is 0. The van der Waals surface area contributed by atoms with Gasteiger partial charge in [-0.05, 0) is 18.2 Å². The minimum atomic E-state index is -4.36. The van der Waals surface area contributed by atoms with Gasteiger partial charge in [-0.2, -0.15) is 4.72 Å². The fraction of sp³-hybridized carbons (Fsp3) is 0.118. The molecule has 1 heterocycles. The number of sulfonamides is 1. The lowest BCUT2D eigenvalue weighted by Gasteiger charge is -2.20. The van der Waals surface area contributed by atoms with Gasteiger partial charge in [-0.15, -0.1) is 0 Å². The Morgan fingerprint density at radius 3 is 2.31 bits per heavy atom. The van der Waals surface area contributed by atoms with Gasteiger partial charge in [0.05, 0.1) is 4.90 Å². The van der Waals surface area contributed by atoms with Crippen LogP contribution in [-0.2, 0) is 17.1 Å². The fourth-order valence-electron chi connectivity index (χ4n) is 2.53. The van der Waals surface area contributed by atoms with Gasteiger partial charge in [0.25, 0.3) is 0 Å². The summed E-state index contributed by atoms with van der Waals surface area (Å²) in [6, 6.07) is 6.34. The van der Waals surface area contributed by atoms with Gasteiger partial charge in [-0.25, -0.2) is 26.6 Å². The summed E-state index contributed by atoms with van der Waals surface area (Å²) in [5.74, 6) is -2.50. The Hall–Kier alpha value is -2.65. The summed E-state index contributed by atoms with van der Waals surface area (Å²) in [4.78, 5) is 3.46. The maximum absolute atomic E-state index is 14.3. The molecule has 3 aromatic rings. The highest BCUT2D eigenvalue weighted by Crippen LogP contribution is 2.26. The second-order valence-electron chi connectivity index (χ2n) is 5.58. The number of halogens is 3. The van der Waals surface area contributed by atoms with Crippen molar-refractivity contribution in [2.24, 2.45) is 7.05 Å². The summed E-state index contributed by atoms with van der Waals surface area (Å²) in [5.41, 5.74) is 0.0299. The monoisotopic (exact) mass is 381 g/mol. The smallest absolute Gasteiger partial charge is 0.241 e. The van der Waals surface area contributed by atoms with Crippen LogP contribution in [0.4, 0.5) is 13.2 Å². The minimum absolute atomic E-state index is 0.0299. The third-order valence-electron chi connectivity index (χ3n) is 3.75. The van der Waals surface area contributed by atoms with Crippen LogP contribution in [0.15, 0.2) is 59.8 Å². The van der Waals surface area contributed by atoms with Gasteiger partial charge >= 0.3 is 0 Å². The van der Waals surface area contributed by atoms with Gasteiger partial charge in [0.1, 0.15) is 29.3 Å². The van der Waals surface area contributed by atoms with E-state index in [4.69, 9.17) is 0 Å². The summed E-state index contributed by atoms with van der Waals surface area (Å²) in [6.07, 6.45) is 3.00. The van der Waals surface area contributed by atoms with E-state index in [1.807, 2.05) is 0 Å². The Balaban J connectivity index is 2.09. The summed E-state index contributed by atoms with van der Waals surface area (Å²) in [5, 5.41) is 0. The number of imidazole rings is 1. The van der Waals surface area contributed by atoms with Crippen LogP contribution in [0.3, 0.4) is 0 Å². The van der Waals surface area contributed by atoms with Gasteiger partial charge in [0.2, 0.25) is 10.0 Å².